The highest BCUT2D eigenvalue weighted by atomic mass is 32.2. The van der Waals surface area contributed by atoms with Gasteiger partial charge in [0.05, 0.1) is 11.4 Å². The first-order valence-electron chi connectivity index (χ1n) is 7.27. The van der Waals surface area contributed by atoms with Crippen LogP contribution >= 0.6 is 0 Å². The van der Waals surface area contributed by atoms with Crippen molar-refractivity contribution in [3.63, 3.8) is 0 Å². The summed E-state index contributed by atoms with van der Waals surface area (Å²) in [6.45, 7) is 5.36. The topological polar surface area (TPSA) is 65.2 Å². The van der Waals surface area contributed by atoms with Gasteiger partial charge in [0.2, 0.25) is 10.0 Å². The Morgan fingerprint density at radius 1 is 1.52 bits per heavy atom. The molecular formula is C15H23N3O2S. The van der Waals surface area contributed by atoms with Gasteiger partial charge in [-0.3, -0.25) is 0 Å². The molecule has 1 aliphatic rings. The number of H-pyrrole nitrogens is 1. The van der Waals surface area contributed by atoms with Crippen molar-refractivity contribution in [2.75, 3.05) is 13.1 Å². The standard InChI is InChI=1S/C15H23N3O2S/c1-4-7-18(11-13-5-6-13)21(19,20)15-8-14(17-10-15)9-16-12(2)3/h1,8,10,12-13,16-17H,5-7,9,11H2,2-3H3. The van der Waals surface area contributed by atoms with Crippen LogP contribution in [0.3, 0.4) is 0 Å². The van der Waals surface area contributed by atoms with Crippen LogP contribution < -0.4 is 5.32 Å². The predicted octanol–water partition coefficient (Wildman–Crippen LogP) is 1.55. The fourth-order valence-electron chi connectivity index (χ4n) is 2.07. The average molecular weight is 309 g/mol. The lowest BCUT2D eigenvalue weighted by Crippen LogP contribution is -2.33. The van der Waals surface area contributed by atoms with Gasteiger partial charge < -0.3 is 10.3 Å². The third-order valence-corrected chi connectivity index (χ3v) is 5.27. The Labute approximate surface area is 127 Å². The van der Waals surface area contributed by atoms with E-state index in [9.17, 15) is 8.42 Å². The third kappa shape index (κ3) is 4.34. The Balaban J connectivity index is 2.11. The molecule has 0 bridgehead atoms. The summed E-state index contributed by atoms with van der Waals surface area (Å²) >= 11 is 0. The fourth-order valence-corrected chi connectivity index (χ4v) is 3.52. The van der Waals surface area contributed by atoms with Gasteiger partial charge in [-0.05, 0) is 24.8 Å². The van der Waals surface area contributed by atoms with Gasteiger partial charge in [0.1, 0.15) is 0 Å². The molecule has 1 saturated carbocycles. The summed E-state index contributed by atoms with van der Waals surface area (Å²) in [6.07, 6.45) is 9.04. The molecule has 0 saturated heterocycles. The molecule has 116 valence electrons. The molecule has 1 aromatic heterocycles. The minimum atomic E-state index is -3.50. The Kier molecular flexibility index (Phi) is 5.09. The molecule has 2 rings (SSSR count). The van der Waals surface area contributed by atoms with Gasteiger partial charge in [-0.25, -0.2) is 8.42 Å². The van der Waals surface area contributed by atoms with Crippen molar-refractivity contribution < 1.29 is 8.42 Å². The van der Waals surface area contributed by atoms with Crippen LogP contribution in [0.2, 0.25) is 0 Å². The second-order valence-electron chi connectivity index (χ2n) is 5.84. The number of rotatable bonds is 8. The maximum Gasteiger partial charge on any atom is 0.245 e. The zero-order chi connectivity index (χ0) is 15.5. The zero-order valence-corrected chi connectivity index (χ0v) is 13.4. The minimum absolute atomic E-state index is 0.129. The molecule has 0 aromatic carbocycles. The fraction of sp³-hybridized carbons (Fsp3) is 0.600. The Bertz CT molecular complexity index is 609. The molecule has 1 fully saturated rings. The number of hydrogen-bond donors (Lipinski definition) is 2. The van der Waals surface area contributed by atoms with Crippen LogP contribution in [0.5, 0.6) is 0 Å². The van der Waals surface area contributed by atoms with Crippen LogP contribution in [0.15, 0.2) is 17.2 Å². The molecule has 2 N–H and O–H groups in total. The number of nitrogens with one attached hydrogen (secondary N) is 2. The van der Waals surface area contributed by atoms with Gasteiger partial charge in [-0.15, -0.1) is 6.42 Å². The minimum Gasteiger partial charge on any atom is -0.363 e. The highest BCUT2D eigenvalue weighted by Gasteiger charge is 2.31. The number of aromatic nitrogens is 1. The summed E-state index contributed by atoms with van der Waals surface area (Å²) in [5, 5.41) is 3.25. The summed E-state index contributed by atoms with van der Waals surface area (Å²) in [4.78, 5) is 3.30. The highest BCUT2D eigenvalue weighted by Crippen LogP contribution is 2.31. The smallest absolute Gasteiger partial charge is 0.245 e. The number of aromatic amines is 1. The van der Waals surface area contributed by atoms with Gasteiger partial charge in [-0.1, -0.05) is 19.8 Å². The first-order chi connectivity index (χ1) is 9.93. The molecule has 0 radical (unpaired) electrons. The molecule has 1 aliphatic carbocycles. The van der Waals surface area contributed by atoms with E-state index in [-0.39, 0.29) is 6.54 Å². The molecule has 6 heteroatoms. The van der Waals surface area contributed by atoms with E-state index in [0.29, 0.717) is 29.9 Å². The molecule has 0 aliphatic heterocycles. The van der Waals surface area contributed by atoms with Crippen molar-refractivity contribution in [3.8, 4) is 12.3 Å². The largest absolute Gasteiger partial charge is 0.363 e. The van der Waals surface area contributed by atoms with E-state index in [1.54, 1.807) is 12.3 Å². The first-order valence-corrected chi connectivity index (χ1v) is 8.71. The van der Waals surface area contributed by atoms with E-state index in [0.717, 1.165) is 18.5 Å². The Hall–Kier alpha value is -1.29. The van der Waals surface area contributed by atoms with Crippen LogP contribution in [0.4, 0.5) is 0 Å². The van der Waals surface area contributed by atoms with E-state index in [2.05, 4.69) is 16.2 Å². The number of hydrogen-bond acceptors (Lipinski definition) is 3. The lowest BCUT2D eigenvalue weighted by molar-refractivity contribution is 0.430. The number of terminal acetylenes is 1. The van der Waals surface area contributed by atoms with Crippen LogP contribution in [-0.2, 0) is 16.6 Å². The maximum atomic E-state index is 12.6. The highest BCUT2D eigenvalue weighted by molar-refractivity contribution is 7.89. The molecule has 0 amide bonds. The van der Waals surface area contributed by atoms with E-state index in [1.807, 2.05) is 13.8 Å². The summed E-state index contributed by atoms with van der Waals surface area (Å²) < 4.78 is 26.7. The first kappa shape index (κ1) is 16.1. The van der Waals surface area contributed by atoms with Crippen LogP contribution in [0.25, 0.3) is 0 Å². The molecule has 1 heterocycles. The van der Waals surface area contributed by atoms with Gasteiger partial charge in [0.25, 0.3) is 0 Å². The van der Waals surface area contributed by atoms with Crippen molar-refractivity contribution >= 4 is 10.0 Å². The summed E-state index contributed by atoms with van der Waals surface area (Å²) in [6, 6.07) is 2.03. The predicted molar refractivity (Wildman–Crippen MR) is 83.1 cm³/mol. The quantitative estimate of drug-likeness (QED) is 0.716. The van der Waals surface area contributed by atoms with Gasteiger partial charge in [0.15, 0.2) is 0 Å². The second-order valence-corrected chi connectivity index (χ2v) is 7.78. The zero-order valence-electron chi connectivity index (χ0n) is 12.6. The average Bonchev–Trinajstić information content (AvgIpc) is 3.10. The molecule has 21 heavy (non-hydrogen) atoms. The Morgan fingerprint density at radius 2 is 2.24 bits per heavy atom. The second kappa shape index (κ2) is 6.65. The van der Waals surface area contributed by atoms with E-state index in [1.165, 1.54) is 4.31 Å². The van der Waals surface area contributed by atoms with E-state index >= 15 is 0 Å². The number of nitrogens with zero attached hydrogens (tertiary/aromatic N) is 1. The van der Waals surface area contributed by atoms with Crippen molar-refractivity contribution in [1.29, 1.82) is 0 Å². The Morgan fingerprint density at radius 3 is 2.81 bits per heavy atom. The monoisotopic (exact) mass is 309 g/mol. The molecule has 5 nitrogen and oxygen atoms in total. The molecular weight excluding hydrogens is 286 g/mol. The van der Waals surface area contributed by atoms with Crippen molar-refractivity contribution in [3.05, 3.63) is 18.0 Å². The van der Waals surface area contributed by atoms with Crippen LogP contribution in [0, 0.1) is 18.3 Å². The van der Waals surface area contributed by atoms with Gasteiger partial charge >= 0.3 is 0 Å². The van der Waals surface area contributed by atoms with E-state index in [4.69, 9.17) is 6.42 Å². The SMILES string of the molecule is C#CCN(CC1CC1)S(=O)(=O)c1c[nH]c(CNC(C)C)c1. The molecule has 0 spiro atoms. The van der Waals surface area contributed by atoms with Gasteiger partial charge in [-0.2, -0.15) is 4.31 Å². The van der Waals surface area contributed by atoms with Crippen molar-refractivity contribution in [1.82, 2.24) is 14.6 Å². The van der Waals surface area contributed by atoms with Crippen LogP contribution in [0.1, 0.15) is 32.4 Å². The van der Waals surface area contributed by atoms with Crippen molar-refractivity contribution in [2.45, 2.75) is 44.2 Å². The molecule has 0 unspecified atom stereocenters. The summed E-state index contributed by atoms with van der Waals surface area (Å²) in [5.74, 6) is 2.91. The summed E-state index contributed by atoms with van der Waals surface area (Å²) in [5.41, 5.74) is 0.856. The summed E-state index contributed by atoms with van der Waals surface area (Å²) in [7, 11) is -3.50. The lowest BCUT2D eigenvalue weighted by atomic mass is 10.3. The van der Waals surface area contributed by atoms with Crippen molar-refractivity contribution in [2.24, 2.45) is 5.92 Å². The third-order valence-electron chi connectivity index (χ3n) is 3.48. The lowest BCUT2D eigenvalue weighted by Gasteiger charge is -2.18. The molecule has 0 atom stereocenters. The van der Waals surface area contributed by atoms with Crippen LogP contribution in [-0.4, -0.2) is 36.8 Å². The van der Waals surface area contributed by atoms with Gasteiger partial charge in [0, 0.05) is 31.0 Å². The maximum absolute atomic E-state index is 12.6. The normalized spacial score (nSPS) is 15.6. The number of sulfonamides is 1. The molecule has 1 aromatic rings. The van der Waals surface area contributed by atoms with E-state index < -0.39 is 10.0 Å².